The van der Waals surface area contributed by atoms with Gasteiger partial charge >= 0.3 is 0 Å². The largest absolute Gasteiger partial charge is 0.376 e. The second kappa shape index (κ2) is 17.6. The van der Waals surface area contributed by atoms with E-state index in [4.69, 9.17) is 52.1 Å². The highest BCUT2D eigenvalue weighted by Crippen LogP contribution is 2.38. The molecule has 3 aliphatic heterocycles. The number of rotatable bonds is 15. The first-order valence-electron chi connectivity index (χ1n) is 17.2. The predicted octanol–water partition coefficient (Wildman–Crippen LogP) is 5.04. The van der Waals surface area contributed by atoms with Crippen LogP contribution in [-0.4, -0.2) is 102 Å². The lowest BCUT2D eigenvalue weighted by Gasteiger charge is -2.52. The van der Waals surface area contributed by atoms with Gasteiger partial charge in [0.25, 0.3) is 0 Å². The van der Waals surface area contributed by atoms with E-state index in [9.17, 15) is 0 Å². The van der Waals surface area contributed by atoms with Crippen LogP contribution in [0.2, 0.25) is 0 Å². The molecule has 11 heteroatoms. The molecule has 10 atom stereocenters. The number of methoxy groups -OCH3 is 3. The van der Waals surface area contributed by atoms with Crippen LogP contribution in [0.1, 0.15) is 30.5 Å². The third-order valence-electron chi connectivity index (χ3n) is 9.23. The Morgan fingerprint density at radius 3 is 1.72 bits per heavy atom. The van der Waals surface area contributed by atoms with Crippen LogP contribution in [0.4, 0.5) is 0 Å². The molecule has 0 unspecified atom stereocenters. The van der Waals surface area contributed by atoms with Crippen molar-refractivity contribution in [3.8, 4) is 0 Å². The van der Waals surface area contributed by atoms with Crippen molar-refractivity contribution < 1.29 is 52.1 Å². The highest BCUT2D eigenvalue weighted by Gasteiger charge is 2.56. The van der Waals surface area contributed by atoms with Gasteiger partial charge in [0.2, 0.25) is 0 Å². The lowest BCUT2D eigenvalue weighted by atomic mass is 9.95. The van der Waals surface area contributed by atoms with Crippen LogP contribution < -0.4 is 0 Å². The fraction of sp³-hybridized carbons (Fsp3) is 0.538. The van der Waals surface area contributed by atoms with Crippen molar-refractivity contribution in [2.75, 3.05) is 34.5 Å². The molecule has 272 valence electrons. The Balaban J connectivity index is 1.31. The molecule has 0 spiro atoms. The molecule has 3 aromatic carbocycles. The Morgan fingerprint density at radius 2 is 1.16 bits per heavy atom. The van der Waals surface area contributed by atoms with E-state index in [0.717, 1.165) is 16.7 Å². The number of benzene rings is 3. The van der Waals surface area contributed by atoms with Crippen molar-refractivity contribution in [3.05, 3.63) is 108 Å². The van der Waals surface area contributed by atoms with Crippen molar-refractivity contribution in [1.29, 1.82) is 0 Å². The van der Waals surface area contributed by atoms with Gasteiger partial charge in [0, 0.05) is 21.3 Å². The normalized spacial score (nSPS) is 32.3. The highest BCUT2D eigenvalue weighted by atomic mass is 16.8. The van der Waals surface area contributed by atoms with Crippen molar-refractivity contribution >= 4 is 0 Å². The van der Waals surface area contributed by atoms with Crippen LogP contribution in [-0.2, 0) is 71.9 Å². The summed E-state index contributed by atoms with van der Waals surface area (Å²) < 4.78 is 69.9. The first-order valence-corrected chi connectivity index (χ1v) is 17.2. The maximum Gasteiger partial charge on any atom is 0.187 e. The van der Waals surface area contributed by atoms with E-state index in [1.54, 1.807) is 21.3 Å². The molecule has 3 aliphatic rings. The summed E-state index contributed by atoms with van der Waals surface area (Å²) in [6, 6.07) is 29.9. The number of ether oxygens (including phenoxy) is 11. The Hall–Kier alpha value is -2.78. The standard InChI is InChI=1S/C39H50O11/c1-39(2)46-25-30-32(50-39)33(40-3)35(41-4)38(48-30)49-31-29(24-43-21-26-15-9-6-10-16-26)47-37(42-5)36(45-23-28-19-13-8-14-20-28)34(31)44-22-27-17-11-7-12-18-27/h6-20,29-38H,21-25H2,1-5H3/t29-,30+,31-,32-,33+,34+,35-,36-,37+,38+/m1/s1. The van der Waals surface area contributed by atoms with Crippen LogP contribution in [0.5, 0.6) is 0 Å². The highest BCUT2D eigenvalue weighted by molar-refractivity contribution is 5.15. The van der Waals surface area contributed by atoms with Crippen LogP contribution in [0.25, 0.3) is 0 Å². The molecule has 6 rings (SSSR count). The van der Waals surface area contributed by atoms with E-state index in [0.29, 0.717) is 26.4 Å². The molecule has 3 aromatic rings. The van der Waals surface area contributed by atoms with Gasteiger partial charge in [-0.05, 0) is 30.5 Å². The van der Waals surface area contributed by atoms with E-state index in [2.05, 4.69) is 0 Å². The smallest absolute Gasteiger partial charge is 0.187 e. The van der Waals surface area contributed by atoms with Crippen molar-refractivity contribution in [2.24, 2.45) is 0 Å². The van der Waals surface area contributed by atoms with Crippen LogP contribution >= 0.6 is 0 Å². The van der Waals surface area contributed by atoms with Crippen molar-refractivity contribution in [3.63, 3.8) is 0 Å². The zero-order valence-electron chi connectivity index (χ0n) is 29.5. The van der Waals surface area contributed by atoms with E-state index in [1.807, 2.05) is 105 Å². The first kappa shape index (κ1) is 37.0. The van der Waals surface area contributed by atoms with Gasteiger partial charge < -0.3 is 52.1 Å². The first-order chi connectivity index (χ1) is 24.4. The van der Waals surface area contributed by atoms with E-state index >= 15 is 0 Å². The minimum atomic E-state index is -0.901. The molecule has 3 saturated heterocycles. The molecule has 11 nitrogen and oxygen atoms in total. The number of hydrogen-bond donors (Lipinski definition) is 0. The van der Waals surface area contributed by atoms with Gasteiger partial charge in [0.1, 0.15) is 48.8 Å². The summed E-state index contributed by atoms with van der Waals surface area (Å²) in [5.74, 6) is -0.805. The Kier molecular flexibility index (Phi) is 13.0. The summed E-state index contributed by atoms with van der Waals surface area (Å²) in [7, 11) is 4.84. The molecule has 3 heterocycles. The summed E-state index contributed by atoms with van der Waals surface area (Å²) in [5, 5.41) is 0. The van der Waals surface area contributed by atoms with Gasteiger partial charge in [-0.2, -0.15) is 0 Å². The van der Waals surface area contributed by atoms with Crippen LogP contribution in [0, 0.1) is 0 Å². The quantitative estimate of drug-likeness (QED) is 0.214. The average Bonchev–Trinajstić information content (AvgIpc) is 3.14. The molecular formula is C39H50O11. The predicted molar refractivity (Wildman–Crippen MR) is 182 cm³/mol. The van der Waals surface area contributed by atoms with E-state index in [-0.39, 0.29) is 6.61 Å². The molecule has 0 radical (unpaired) electrons. The second-order valence-electron chi connectivity index (χ2n) is 13.1. The van der Waals surface area contributed by atoms with Gasteiger partial charge in [0.05, 0.1) is 33.0 Å². The lowest BCUT2D eigenvalue weighted by molar-refractivity contribution is -0.404. The summed E-state index contributed by atoms with van der Waals surface area (Å²) in [6.45, 7) is 5.21. The molecule has 0 saturated carbocycles. The maximum atomic E-state index is 6.96. The second-order valence-corrected chi connectivity index (χ2v) is 13.1. The Morgan fingerprint density at radius 1 is 0.600 bits per heavy atom. The average molecular weight is 695 g/mol. The van der Waals surface area contributed by atoms with Gasteiger partial charge in [-0.15, -0.1) is 0 Å². The van der Waals surface area contributed by atoms with Gasteiger partial charge in [0.15, 0.2) is 18.4 Å². The third kappa shape index (κ3) is 9.17. The van der Waals surface area contributed by atoms with Crippen molar-refractivity contribution in [2.45, 2.75) is 101 Å². The minimum absolute atomic E-state index is 0.181. The van der Waals surface area contributed by atoms with Crippen molar-refractivity contribution in [1.82, 2.24) is 0 Å². The lowest BCUT2D eigenvalue weighted by Crippen LogP contribution is -2.68. The zero-order valence-corrected chi connectivity index (χ0v) is 29.5. The Bertz CT molecular complexity index is 1410. The van der Waals surface area contributed by atoms with E-state index < -0.39 is 67.2 Å². The molecule has 3 fully saturated rings. The monoisotopic (exact) mass is 694 g/mol. The SMILES string of the molecule is CO[C@H]1O[C@H](COCc2ccccc2)[C@@H](O[C@@H]2O[C@H]3COC(C)(C)O[C@H]3[C@H](OC)[C@H]2OC)[C@H](OCc2ccccc2)[C@H]1OCc1ccccc1. The molecule has 0 aliphatic carbocycles. The van der Waals surface area contributed by atoms with Crippen LogP contribution in [0.3, 0.4) is 0 Å². The molecule has 0 bridgehead atoms. The Labute approximate surface area is 294 Å². The minimum Gasteiger partial charge on any atom is -0.376 e. The fourth-order valence-corrected chi connectivity index (χ4v) is 6.71. The topological polar surface area (TPSA) is 102 Å². The molecule has 0 N–H and O–H groups in total. The van der Waals surface area contributed by atoms with Gasteiger partial charge in [-0.25, -0.2) is 0 Å². The van der Waals surface area contributed by atoms with Gasteiger partial charge in [-0.3, -0.25) is 0 Å². The van der Waals surface area contributed by atoms with Gasteiger partial charge in [-0.1, -0.05) is 91.0 Å². The molecule has 0 amide bonds. The number of fused-ring (bicyclic) bond motifs is 1. The molecular weight excluding hydrogens is 644 g/mol. The maximum absolute atomic E-state index is 6.96. The fourth-order valence-electron chi connectivity index (χ4n) is 6.71. The molecule has 50 heavy (non-hydrogen) atoms. The third-order valence-corrected chi connectivity index (χ3v) is 9.23. The number of hydrogen-bond acceptors (Lipinski definition) is 11. The van der Waals surface area contributed by atoms with Crippen LogP contribution in [0.15, 0.2) is 91.0 Å². The summed E-state index contributed by atoms with van der Waals surface area (Å²) >= 11 is 0. The zero-order chi connectivity index (χ0) is 34.9. The summed E-state index contributed by atoms with van der Waals surface area (Å²) in [4.78, 5) is 0. The summed E-state index contributed by atoms with van der Waals surface area (Å²) in [6.07, 6.45) is -6.51. The summed E-state index contributed by atoms with van der Waals surface area (Å²) in [5.41, 5.74) is 3.03. The molecule has 0 aromatic heterocycles. The van der Waals surface area contributed by atoms with E-state index in [1.165, 1.54) is 0 Å².